The monoisotopic (exact) mass is 543 g/mol. The Bertz CT molecular complexity index is 1380. The molecule has 1 saturated heterocycles. The third kappa shape index (κ3) is 6.91. The second-order valence-corrected chi connectivity index (χ2v) is 9.36. The summed E-state index contributed by atoms with van der Waals surface area (Å²) >= 11 is 0. The molecule has 3 aromatic rings. The fourth-order valence-corrected chi connectivity index (χ4v) is 4.58. The number of fused-ring (bicyclic) bond motifs is 1. The molecule has 0 amide bonds. The second-order valence-electron chi connectivity index (χ2n) is 9.36. The highest BCUT2D eigenvalue weighted by Gasteiger charge is 2.36. The number of hydrogen-bond donors (Lipinski definition) is 1. The minimum Gasteiger partial charge on any atom is -0.493 e. The van der Waals surface area contributed by atoms with E-state index in [4.69, 9.17) is 14.6 Å². The highest BCUT2D eigenvalue weighted by atomic mass is 19.4. The maximum absolute atomic E-state index is 13.2. The van der Waals surface area contributed by atoms with Crippen molar-refractivity contribution in [2.24, 2.45) is 4.99 Å². The molecule has 8 nitrogen and oxygen atoms in total. The highest BCUT2D eigenvalue weighted by molar-refractivity contribution is 5.89. The van der Waals surface area contributed by atoms with Crippen LogP contribution in [0.15, 0.2) is 53.7 Å². The summed E-state index contributed by atoms with van der Waals surface area (Å²) in [6, 6.07) is 10.6. The molecule has 0 aliphatic carbocycles. The van der Waals surface area contributed by atoms with Crippen LogP contribution in [0.4, 0.5) is 18.9 Å². The van der Waals surface area contributed by atoms with Crippen molar-refractivity contribution in [2.75, 3.05) is 19.7 Å². The molecule has 1 aliphatic heterocycles. The van der Waals surface area contributed by atoms with Crippen LogP contribution < -0.4 is 4.74 Å². The van der Waals surface area contributed by atoms with Gasteiger partial charge >= 0.3 is 18.1 Å². The molecule has 39 heavy (non-hydrogen) atoms. The van der Waals surface area contributed by atoms with Crippen LogP contribution in [0.5, 0.6) is 5.75 Å². The molecule has 1 N–H and O–H groups in total. The summed E-state index contributed by atoms with van der Waals surface area (Å²) in [4.78, 5) is 33.1. The average molecular weight is 544 g/mol. The lowest BCUT2D eigenvalue weighted by molar-refractivity contribution is -0.153. The molecule has 4 rings (SSSR count). The highest BCUT2D eigenvalue weighted by Crippen LogP contribution is 2.35. The summed E-state index contributed by atoms with van der Waals surface area (Å²) < 4.78 is 50.9. The van der Waals surface area contributed by atoms with Gasteiger partial charge in [-0.1, -0.05) is 0 Å². The summed E-state index contributed by atoms with van der Waals surface area (Å²) in [6.07, 6.45) is -0.776. The maximum atomic E-state index is 13.2. The van der Waals surface area contributed by atoms with Crippen molar-refractivity contribution in [2.45, 2.75) is 45.0 Å². The van der Waals surface area contributed by atoms with Crippen LogP contribution in [0.1, 0.15) is 48.3 Å². The number of esters is 1. The number of aromatic carboxylic acids is 1. The molecular formula is C28H28F3N3O5. The van der Waals surface area contributed by atoms with E-state index < -0.39 is 29.4 Å². The third-order valence-electron chi connectivity index (χ3n) is 6.47. The van der Waals surface area contributed by atoms with Crippen molar-refractivity contribution in [3.8, 4) is 5.75 Å². The van der Waals surface area contributed by atoms with Gasteiger partial charge in [0, 0.05) is 62.6 Å². The second kappa shape index (κ2) is 11.4. The van der Waals surface area contributed by atoms with Gasteiger partial charge in [-0.15, -0.1) is 0 Å². The van der Waals surface area contributed by atoms with Gasteiger partial charge in [0.1, 0.15) is 17.0 Å². The lowest BCUT2D eigenvalue weighted by Crippen LogP contribution is -2.47. The molecule has 0 atom stereocenters. The first-order valence-corrected chi connectivity index (χ1v) is 12.4. The van der Waals surface area contributed by atoms with Crippen LogP contribution in [0.3, 0.4) is 0 Å². The molecule has 0 radical (unpaired) electrons. The molecule has 2 aromatic carbocycles. The number of piperidine rings is 1. The minimum absolute atomic E-state index is 0.148. The summed E-state index contributed by atoms with van der Waals surface area (Å²) in [6.45, 7) is 5.07. The molecule has 1 aromatic heterocycles. The lowest BCUT2D eigenvalue weighted by Gasteiger charge is -2.38. The van der Waals surface area contributed by atoms with E-state index in [0.29, 0.717) is 61.3 Å². The van der Waals surface area contributed by atoms with Crippen molar-refractivity contribution >= 4 is 34.6 Å². The van der Waals surface area contributed by atoms with E-state index in [1.165, 1.54) is 25.3 Å². The maximum Gasteiger partial charge on any atom is 0.433 e. The van der Waals surface area contributed by atoms with Gasteiger partial charge < -0.3 is 14.6 Å². The molecule has 0 unspecified atom stereocenters. The number of carboxylic acids is 1. The Labute approximate surface area is 223 Å². The van der Waals surface area contributed by atoms with Crippen molar-refractivity contribution in [3.63, 3.8) is 0 Å². The number of hydrogen-bond acceptors (Lipinski definition) is 7. The number of benzene rings is 2. The van der Waals surface area contributed by atoms with E-state index in [9.17, 15) is 22.8 Å². The number of carbonyl (C=O) groups excluding carboxylic acids is 1. The summed E-state index contributed by atoms with van der Waals surface area (Å²) in [5.74, 6) is -1.10. The third-order valence-corrected chi connectivity index (χ3v) is 6.47. The summed E-state index contributed by atoms with van der Waals surface area (Å²) in [5, 5.41) is 9.96. The fourth-order valence-electron chi connectivity index (χ4n) is 4.58. The van der Waals surface area contributed by atoms with Gasteiger partial charge in [0.05, 0.1) is 17.9 Å². The number of ether oxygens (including phenoxy) is 2. The normalized spacial score (nSPS) is 15.9. The topological polar surface area (TPSA) is 101 Å². The number of likely N-dealkylation sites (tertiary alicyclic amines) is 1. The zero-order valence-corrected chi connectivity index (χ0v) is 21.5. The number of halogens is 3. The number of aromatic nitrogens is 1. The number of rotatable bonds is 8. The van der Waals surface area contributed by atoms with Crippen molar-refractivity contribution in [1.29, 1.82) is 0 Å². The van der Waals surface area contributed by atoms with E-state index in [0.717, 1.165) is 11.6 Å². The van der Waals surface area contributed by atoms with E-state index in [-0.39, 0.29) is 5.56 Å². The Morgan fingerprint density at radius 3 is 2.44 bits per heavy atom. The van der Waals surface area contributed by atoms with Crippen LogP contribution in [0.2, 0.25) is 0 Å². The lowest BCUT2D eigenvalue weighted by atomic mass is 9.91. The van der Waals surface area contributed by atoms with Crippen molar-refractivity contribution in [1.82, 2.24) is 9.88 Å². The number of aliphatic imine (C=N–C) groups is 1. The summed E-state index contributed by atoms with van der Waals surface area (Å²) in [7, 11) is 0. The quantitative estimate of drug-likeness (QED) is 0.289. The van der Waals surface area contributed by atoms with Gasteiger partial charge in [-0.2, -0.15) is 13.2 Å². The Kier molecular flexibility index (Phi) is 8.19. The first-order valence-electron chi connectivity index (χ1n) is 12.4. The Hall–Kier alpha value is -3.99. The SMILES string of the molecule is CCOc1cc(CN2CCC(C=Nc3ccc(C(=O)O)cc3)(OC(C)=O)CC2)cc2cnc(C(F)(F)F)cc12. The van der Waals surface area contributed by atoms with Gasteiger partial charge in [0.15, 0.2) is 0 Å². The zero-order chi connectivity index (χ0) is 28.2. The van der Waals surface area contributed by atoms with E-state index >= 15 is 0 Å². The molecule has 2 heterocycles. The smallest absolute Gasteiger partial charge is 0.433 e. The number of carbonyl (C=O) groups is 2. The van der Waals surface area contributed by atoms with Gasteiger partial charge in [-0.05, 0) is 55.0 Å². The van der Waals surface area contributed by atoms with Gasteiger partial charge in [0.25, 0.3) is 0 Å². The van der Waals surface area contributed by atoms with Gasteiger partial charge in [-0.25, -0.2) is 4.79 Å². The predicted molar refractivity (Wildman–Crippen MR) is 138 cm³/mol. The summed E-state index contributed by atoms with van der Waals surface area (Å²) in [5.41, 5.74) is -0.336. The van der Waals surface area contributed by atoms with Crippen LogP contribution >= 0.6 is 0 Å². The Morgan fingerprint density at radius 2 is 1.85 bits per heavy atom. The van der Waals surface area contributed by atoms with E-state index in [1.54, 1.807) is 37.4 Å². The van der Waals surface area contributed by atoms with Crippen LogP contribution in [0, 0.1) is 0 Å². The Balaban J connectivity index is 1.50. The molecule has 1 fully saturated rings. The minimum atomic E-state index is -4.55. The van der Waals surface area contributed by atoms with Crippen molar-refractivity contribution < 1.29 is 37.3 Å². The van der Waals surface area contributed by atoms with Crippen LogP contribution in [-0.4, -0.2) is 58.4 Å². The van der Waals surface area contributed by atoms with Crippen LogP contribution in [-0.2, 0) is 22.3 Å². The van der Waals surface area contributed by atoms with E-state index in [2.05, 4.69) is 14.9 Å². The van der Waals surface area contributed by atoms with Gasteiger partial charge in [-0.3, -0.25) is 19.7 Å². The number of pyridine rings is 1. The molecule has 0 spiro atoms. The molecule has 11 heteroatoms. The average Bonchev–Trinajstić information content (AvgIpc) is 2.88. The number of alkyl halides is 3. The molecule has 0 saturated carbocycles. The van der Waals surface area contributed by atoms with Crippen molar-refractivity contribution in [3.05, 3.63) is 65.5 Å². The fraction of sp³-hybridized carbons (Fsp3) is 0.357. The van der Waals surface area contributed by atoms with Gasteiger partial charge in [0.2, 0.25) is 0 Å². The largest absolute Gasteiger partial charge is 0.493 e. The molecule has 0 bridgehead atoms. The Morgan fingerprint density at radius 1 is 1.15 bits per heavy atom. The predicted octanol–water partition coefficient (Wildman–Crippen LogP) is 5.65. The van der Waals surface area contributed by atoms with Crippen LogP contribution in [0.25, 0.3) is 10.8 Å². The molecular weight excluding hydrogens is 515 g/mol. The molecule has 1 aliphatic rings. The first kappa shape index (κ1) is 28.0. The standard InChI is InChI=1S/C28H28F3N3O5/c1-3-38-24-13-19(12-21-15-32-25(14-23(21)24)28(29,30)31)16-34-10-8-27(9-11-34,39-18(2)35)17-33-22-6-4-20(5-7-22)26(36)37/h4-7,12-15,17H,3,8-11,16H2,1-2H3,(H,36,37). The van der Waals surface area contributed by atoms with E-state index in [1.807, 2.05) is 0 Å². The number of carboxylic acid groups (broad SMARTS) is 1. The number of nitrogens with zero attached hydrogens (tertiary/aromatic N) is 3. The zero-order valence-electron chi connectivity index (χ0n) is 21.5. The first-order chi connectivity index (χ1) is 18.5. The molecule has 206 valence electrons.